The highest BCUT2D eigenvalue weighted by Crippen LogP contribution is 2.26. The summed E-state index contributed by atoms with van der Waals surface area (Å²) in [5.74, 6) is 0.367. The Morgan fingerprint density at radius 1 is 0.935 bits per heavy atom. The Balaban J connectivity index is 1.44. The van der Waals surface area contributed by atoms with Crippen LogP contribution in [0, 0.1) is 5.92 Å². The van der Waals surface area contributed by atoms with E-state index in [0.717, 1.165) is 38.5 Å². The van der Waals surface area contributed by atoms with E-state index in [9.17, 15) is 14.4 Å². The molecule has 1 saturated carbocycles. The fourth-order valence-electron chi connectivity index (χ4n) is 4.25. The molecule has 1 aliphatic heterocycles. The van der Waals surface area contributed by atoms with Crippen LogP contribution in [0.15, 0.2) is 24.3 Å². The van der Waals surface area contributed by atoms with Gasteiger partial charge in [0.15, 0.2) is 0 Å². The zero-order valence-corrected chi connectivity index (χ0v) is 18.9. The van der Waals surface area contributed by atoms with Crippen LogP contribution in [0.25, 0.3) is 0 Å². The number of piperidine rings is 1. The van der Waals surface area contributed by atoms with Crippen LogP contribution >= 0.6 is 0 Å². The minimum absolute atomic E-state index is 0.0717. The fraction of sp³-hybridized carbons (Fsp3) is 0.625. The summed E-state index contributed by atoms with van der Waals surface area (Å²) < 4.78 is 5.23. The molecule has 0 aromatic heterocycles. The summed E-state index contributed by atoms with van der Waals surface area (Å²) in [6.07, 6.45) is 6.65. The quantitative estimate of drug-likeness (QED) is 0.745. The molecule has 0 radical (unpaired) electrons. The van der Waals surface area contributed by atoms with E-state index >= 15 is 0 Å². The monoisotopic (exact) mass is 429 g/mol. The maximum absolute atomic E-state index is 12.7. The molecule has 2 fully saturated rings. The van der Waals surface area contributed by atoms with Gasteiger partial charge in [0.1, 0.15) is 5.60 Å². The smallest absolute Gasteiger partial charge is 0.412 e. The van der Waals surface area contributed by atoms with E-state index in [1.807, 2.05) is 4.90 Å². The molecule has 31 heavy (non-hydrogen) atoms. The van der Waals surface area contributed by atoms with E-state index in [-0.39, 0.29) is 17.9 Å². The molecule has 7 nitrogen and oxygen atoms in total. The van der Waals surface area contributed by atoms with E-state index in [2.05, 4.69) is 10.6 Å². The van der Waals surface area contributed by atoms with Gasteiger partial charge in [-0.05, 0) is 70.7 Å². The van der Waals surface area contributed by atoms with Gasteiger partial charge >= 0.3 is 6.09 Å². The number of rotatable bonds is 4. The average molecular weight is 430 g/mol. The molecule has 1 aromatic carbocycles. The van der Waals surface area contributed by atoms with Gasteiger partial charge in [-0.15, -0.1) is 0 Å². The highest BCUT2D eigenvalue weighted by Gasteiger charge is 2.29. The number of hydrogen-bond acceptors (Lipinski definition) is 4. The number of nitrogens with one attached hydrogen (secondary N) is 2. The molecular weight excluding hydrogens is 394 g/mol. The van der Waals surface area contributed by atoms with E-state index in [1.165, 1.54) is 6.42 Å². The van der Waals surface area contributed by atoms with Crippen LogP contribution < -0.4 is 10.6 Å². The number of ether oxygens (including phenoxy) is 1. The Bertz CT molecular complexity index is 771. The molecule has 3 amide bonds. The van der Waals surface area contributed by atoms with Crippen molar-refractivity contribution in [2.75, 3.05) is 18.4 Å². The van der Waals surface area contributed by atoms with E-state index < -0.39 is 11.7 Å². The molecule has 2 aliphatic rings. The van der Waals surface area contributed by atoms with Crippen molar-refractivity contribution in [1.82, 2.24) is 10.2 Å². The summed E-state index contributed by atoms with van der Waals surface area (Å²) in [5, 5.41) is 5.73. The minimum Gasteiger partial charge on any atom is -0.444 e. The number of anilines is 1. The summed E-state index contributed by atoms with van der Waals surface area (Å²) >= 11 is 0. The number of carbonyl (C=O) groups is 3. The topological polar surface area (TPSA) is 87.7 Å². The molecule has 2 N–H and O–H groups in total. The van der Waals surface area contributed by atoms with Crippen LogP contribution in [0.5, 0.6) is 0 Å². The number of carbonyl (C=O) groups excluding carboxylic acids is 3. The van der Waals surface area contributed by atoms with E-state index in [4.69, 9.17) is 4.74 Å². The van der Waals surface area contributed by atoms with Gasteiger partial charge in [-0.2, -0.15) is 0 Å². The van der Waals surface area contributed by atoms with Crippen molar-refractivity contribution < 1.29 is 19.1 Å². The van der Waals surface area contributed by atoms with Gasteiger partial charge in [-0.3, -0.25) is 14.9 Å². The number of benzene rings is 1. The highest BCUT2D eigenvalue weighted by atomic mass is 16.6. The minimum atomic E-state index is -0.569. The maximum atomic E-state index is 12.7. The number of likely N-dealkylation sites (tertiary alicyclic amines) is 1. The largest absolute Gasteiger partial charge is 0.444 e. The number of amides is 3. The molecule has 1 saturated heterocycles. The Morgan fingerprint density at radius 3 is 2.13 bits per heavy atom. The fourth-order valence-corrected chi connectivity index (χ4v) is 4.25. The van der Waals surface area contributed by atoms with Gasteiger partial charge in [0.05, 0.1) is 0 Å². The maximum Gasteiger partial charge on any atom is 0.412 e. The summed E-state index contributed by atoms with van der Waals surface area (Å²) in [6.45, 7) is 6.82. The van der Waals surface area contributed by atoms with Crippen LogP contribution in [-0.2, 0) is 9.53 Å². The normalized spacial score (nSPS) is 18.4. The Morgan fingerprint density at radius 2 is 1.55 bits per heavy atom. The van der Waals surface area contributed by atoms with Crippen molar-refractivity contribution in [2.45, 2.75) is 77.4 Å². The molecular formula is C24H35N3O4. The second kappa shape index (κ2) is 10.2. The standard InChI is InChI=1S/C24H35N3O4/c1-24(2,3)31-23(30)26-19-11-9-17(10-12-19)21(28)25-20-13-15-27(16-14-20)22(29)18-7-5-4-6-8-18/h9-12,18,20H,4-8,13-16H2,1-3H3,(H,25,28)(H,26,30). The number of hydrogen-bond donors (Lipinski definition) is 2. The van der Waals surface area contributed by atoms with Gasteiger partial charge in [0, 0.05) is 36.3 Å². The van der Waals surface area contributed by atoms with Crippen LogP contribution in [0.2, 0.25) is 0 Å². The first-order chi connectivity index (χ1) is 14.7. The predicted octanol–water partition coefficient (Wildman–Crippen LogP) is 4.33. The van der Waals surface area contributed by atoms with Gasteiger partial charge < -0.3 is 15.0 Å². The van der Waals surface area contributed by atoms with Gasteiger partial charge in [0.2, 0.25) is 5.91 Å². The predicted molar refractivity (Wildman–Crippen MR) is 120 cm³/mol. The van der Waals surface area contributed by atoms with Crippen molar-refractivity contribution in [1.29, 1.82) is 0 Å². The van der Waals surface area contributed by atoms with Gasteiger partial charge in [-0.1, -0.05) is 19.3 Å². The Hall–Kier alpha value is -2.57. The lowest BCUT2D eigenvalue weighted by atomic mass is 9.87. The molecule has 0 bridgehead atoms. The molecule has 170 valence electrons. The first kappa shape index (κ1) is 23.1. The third kappa shape index (κ3) is 6.97. The van der Waals surface area contributed by atoms with Gasteiger partial charge in [0.25, 0.3) is 5.91 Å². The van der Waals surface area contributed by atoms with Crippen LogP contribution in [0.1, 0.15) is 76.1 Å². The molecule has 1 aliphatic carbocycles. The lowest BCUT2D eigenvalue weighted by molar-refractivity contribution is -0.137. The summed E-state index contributed by atoms with van der Waals surface area (Å²) in [4.78, 5) is 39.1. The summed E-state index contributed by atoms with van der Waals surface area (Å²) in [6, 6.07) is 6.81. The molecule has 0 spiro atoms. The average Bonchev–Trinajstić information content (AvgIpc) is 2.73. The van der Waals surface area contributed by atoms with Crippen molar-refractivity contribution >= 4 is 23.6 Å². The molecule has 1 heterocycles. The SMILES string of the molecule is CC(C)(C)OC(=O)Nc1ccc(C(=O)NC2CCN(C(=O)C3CCCCC3)CC2)cc1. The first-order valence-electron chi connectivity index (χ1n) is 11.4. The van der Waals surface area contributed by atoms with Crippen molar-refractivity contribution in [2.24, 2.45) is 5.92 Å². The lowest BCUT2D eigenvalue weighted by Crippen LogP contribution is -2.48. The van der Waals surface area contributed by atoms with E-state index in [1.54, 1.807) is 45.0 Å². The van der Waals surface area contributed by atoms with Crippen molar-refractivity contribution in [3.8, 4) is 0 Å². The molecule has 0 atom stereocenters. The zero-order chi connectivity index (χ0) is 22.4. The van der Waals surface area contributed by atoms with Crippen LogP contribution in [0.3, 0.4) is 0 Å². The Labute approximate surface area is 184 Å². The third-order valence-electron chi connectivity index (χ3n) is 5.89. The van der Waals surface area contributed by atoms with E-state index in [0.29, 0.717) is 30.2 Å². The molecule has 1 aromatic rings. The first-order valence-corrected chi connectivity index (χ1v) is 11.4. The van der Waals surface area contributed by atoms with Gasteiger partial charge in [-0.25, -0.2) is 4.79 Å². The second-order valence-electron chi connectivity index (χ2n) is 9.61. The zero-order valence-electron chi connectivity index (χ0n) is 18.9. The van der Waals surface area contributed by atoms with Crippen LogP contribution in [-0.4, -0.2) is 47.5 Å². The second-order valence-corrected chi connectivity index (χ2v) is 9.61. The molecule has 0 unspecified atom stereocenters. The third-order valence-corrected chi connectivity index (χ3v) is 5.89. The Kier molecular flexibility index (Phi) is 7.57. The highest BCUT2D eigenvalue weighted by molar-refractivity contribution is 5.95. The molecule has 7 heteroatoms. The van der Waals surface area contributed by atoms with Crippen LogP contribution in [0.4, 0.5) is 10.5 Å². The summed E-state index contributed by atoms with van der Waals surface area (Å²) in [7, 11) is 0. The number of nitrogens with zero attached hydrogens (tertiary/aromatic N) is 1. The van der Waals surface area contributed by atoms with Crippen molar-refractivity contribution in [3.05, 3.63) is 29.8 Å². The summed E-state index contributed by atoms with van der Waals surface area (Å²) in [5.41, 5.74) is 0.538. The lowest BCUT2D eigenvalue weighted by Gasteiger charge is -2.35. The molecule has 3 rings (SSSR count). The van der Waals surface area contributed by atoms with Crippen molar-refractivity contribution in [3.63, 3.8) is 0 Å².